The van der Waals surface area contributed by atoms with E-state index in [9.17, 15) is 13.2 Å². The zero-order valence-corrected chi connectivity index (χ0v) is 10.5. The lowest BCUT2D eigenvalue weighted by molar-refractivity contribution is -0.274. The molecule has 1 fully saturated rings. The van der Waals surface area contributed by atoms with Gasteiger partial charge in [-0.1, -0.05) is 12.1 Å². The van der Waals surface area contributed by atoms with Crippen LogP contribution in [0.5, 0.6) is 5.75 Å². The van der Waals surface area contributed by atoms with Crippen molar-refractivity contribution >= 4 is 0 Å². The van der Waals surface area contributed by atoms with Crippen LogP contribution in [0.1, 0.15) is 18.9 Å². The SMILES string of the molecule is CC1OCCC1NCc1cccc(OC(F)(F)F)c1. The van der Waals surface area contributed by atoms with Crippen molar-refractivity contribution in [1.29, 1.82) is 0 Å². The highest BCUT2D eigenvalue weighted by Gasteiger charge is 2.31. The fourth-order valence-corrected chi connectivity index (χ4v) is 2.10. The van der Waals surface area contributed by atoms with Gasteiger partial charge in [0.15, 0.2) is 0 Å². The topological polar surface area (TPSA) is 30.5 Å². The third-order valence-corrected chi connectivity index (χ3v) is 3.08. The molecule has 1 N–H and O–H groups in total. The average Bonchev–Trinajstić information content (AvgIpc) is 2.70. The van der Waals surface area contributed by atoms with E-state index in [0.717, 1.165) is 18.6 Å². The van der Waals surface area contributed by atoms with Gasteiger partial charge in [-0.3, -0.25) is 0 Å². The van der Waals surface area contributed by atoms with Gasteiger partial charge in [0.2, 0.25) is 0 Å². The smallest absolute Gasteiger partial charge is 0.406 e. The Balaban J connectivity index is 1.91. The third kappa shape index (κ3) is 4.40. The van der Waals surface area contributed by atoms with E-state index in [1.807, 2.05) is 6.92 Å². The van der Waals surface area contributed by atoms with Gasteiger partial charge in [-0.05, 0) is 31.0 Å². The maximum Gasteiger partial charge on any atom is 0.573 e. The standard InChI is InChI=1S/C13H16F3NO2/c1-9-12(5-6-18-9)17-8-10-3-2-4-11(7-10)19-13(14,15)16/h2-4,7,9,12,17H,5-6,8H2,1H3. The molecule has 1 aromatic rings. The molecular formula is C13H16F3NO2. The van der Waals surface area contributed by atoms with Crippen LogP contribution in [0, 0.1) is 0 Å². The van der Waals surface area contributed by atoms with Gasteiger partial charge in [-0.2, -0.15) is 0 Å². The van der Waals surface area contributed by atoms with Gasteiger partial charge in [0.1, 0.15) is 5.75 Å². The molecule has 2 rings (SSSR count). The first-order valence-electron chi connectivity index (χ1n) is 6.14. The van der Waals surface area contributed by atoms with Crippen LogP contribution >= 0.6 is 0 Å². The third-order valence-electron chi connectivity index (χ3n) is 3.08. The Morgan fingerprint density at radius 1 is 1.42 bits per heavy atom. The van der Waals surface area contributed by atoms with Gasteiger partial charge >= 0.3 is 6.36 Å². The lowest BCUT2D eigenvalue weighted by Crippen LogP contribution is -2.34. The van der Waals surface area contributed by atoms with Crippen molar-refractivity contribution in [2.75, 3.05) is 6.61 Å². The second-order valence-electron chi connectivity index (χ2n) is 4.55. The molecule has 0 saturated carbocycles. The molecular weight excluding hydrogens is 259 g/mol. The number of alkyl halides is 3. The summed E-state index contributed by atoms with van der Waals surface area (Å²) in [5.41, 5.74) is 0.751. The molecule has 0 spiro atoms. The van der Waals surface area contributed by atoms with E-state index < -0.39 is 6.36 Å². The Bertz CT molecular complexity index is 423. The van der Waals surface area contributed by atoms with E-state index in [-0.39, 0.29) is 17.9 Å². The molecule has 3 nitrogen and oxygen atoms in total. The van der Waals surface area contributed by atoms with Crippen LogP contribution in [0.25, 0.3) is 0 Å². The average molecular weight is 275 g/mol. The van der Waals surface area contributed by atoms with E-state index >= 15 is 0 Å². The normalized spacial score (nSPS) is 23.6. The van der Waals surface area contributed by atoms with Crippen LogP contribution in [-0.2, 0) is 11.3 Å². The molecule has 1 aliphatic heterocycles. The second kappa shape index (κ2) is 5.79. The number of benzene rings is 1. The first-order valence-corrected chi connectivity index (χ1v) is 6.14. The molecule has 0 aromatic heterocycles. The fourth-order valence-electron chi connectivity index (χ4n) is 2.10. The van der Waals surface area contributed by atoms with Crippen molar-refractivity contribution in [2.24, 2.45) is 0 Å². The molecule has 6 heteroatoms. The Kier molecular flexibility index (Phi) is 4.31. The molecule has 0 aliphatic carbocycles. The maximum atomic E-state index is 12.1. The highest BCUT2D eigenvalue weighted by molar-refractivity contribution is 5.28. The minimum atomic E-state index is -4.65. The lowest BCUT2D eigenvalue weighted by Gasteiger charge is -2.16. The number of hydrogen-bond acceptors (Lipinski definition) is 3. The summed E-state index contributed by atoms with van der Waals surface area (Å²) >= 11 is 0. The van der Waals surface area contributed by atoms with Crippen molar-refractivity contribution in [3.05, 3.63) is 29.8 Å². The summed E-state index contributed by atoms with van der Waals surface area (Å²) in [5, 5.41) is 3.28. The monoisotopic (exact) mass is 275 g/mol. The molecule has 1 aliphatic rings. The zero-order valence-electron chi connectivity index (χ0n) is 10.5. The van der Waals surface area contributed by atoms with Crippen LogP contribution in [0.3, 0.4) is 0 Å². The highest BCUT2D eigenvalue weighted by Crippen LogP contribution is 2.23. The molecule has 0 radical (unpaired) electrons. The summed E-state index contributed by atoms with van der Waals surface area (Å²) in [7, 11) is 0. The summed E-state index contributed by atoms with van der Waals surface area (Å²) in [6.07, 6.45) is -3.60. The first-order chi connectivity index (χ1) is 8.94. The molecule has 2 atom stereocenters. The summed E-state index contributed by atoms with van der Waals surface area (Å²) in [4.78, 5) is 0. The molecule has 0 bridgehead atoms. The highest BCUT2D eigenvalue weighted by atomic mass is 19.4. The predicted octanol–water partition coefficient (Wildman–Crippen LogP) is 2.85. The fraction of sp³-hybridized carbons (Fsp3) is 0.538. The van der Waals surface area contributed by atoms with E-state index in [1.165, 1.54) is 12.1 Å². The Hall–Kier alpha value is -1.27. The lowest BCUT2D eigenvalue weighted by atomic mass is 10.1. The number of halogens is 3. The summed E-state index contributed by atoms with van der Waals surface area (Å²) < 4.78 is 45.6. The van der Waals surface area contributed by atoms with Gasteiger partial charge in [-0.15, -0.1) is 13.2 Å². The molecule has 19 heavy (non-hydrogen) atoms. The molecule has 0 amide bonds. The van der Waals surface area contributed by atoms with Crippen LogP contribution < -0.4 is 10.1 Å². The van der Waals surface area contributed by atoms with Crippen molar-refractivity contribution in [1.82, 2.24) is 5.32 Å². The summed E-state index contributed by atoms with van der Waals surface area (Å²) in [6, 6.07) is 6.23. The van der Waals surface area contributed by atoms with Crippen LogP contribution in [-0.4, -0.2) is 25.1 Å². The molecule has 1 aromatic carbocycles. The van der Waals surface area contributed by atoms with E-state index in [4.69, 9.17) is 4.74 Å². The summed E-state index contributed by atoms with van der Waals surface area (Å²) in [6.45, 7) is 3.19. The molecule has 1 heterocycles. The quantitative estimate of drug-likeness (QED) is 0.916. The Labute approximate surface area is 109 Å². The Morgan fingerprint density at radius 2 is 2.21 bits per heavy atom. The second-order valence-corrected chi connectivity index (χ2v) is 4.55. The Morgan fingerprint density at radius 3 is 2.84 bits per heavy atom. The van der Waals surface area contributed by atoms with Gasteiger partial charge in [0.25, 0.3) is 0 Å². The van der Waals surface area contributed by atoms with Crippen molar-refractivity contribution < 1.29 is 22.6 Å². The molecule has 2 unspecified atom stereocenters. The number of nitrogens with one attached hydrogen (secondary N) is 1. The van der Waals surface area contributed by atoms with Crippen LogP contribution in [0.4, 0.5) is 13.2 Å². The largest absolute Gasteiger partial charge is 0.573 e. The van der Waals surface area contributed by atoms with Crippen molar-refractivity contribution in [3.8, 4) is 5.75 Å². The minimum Gasteiger partial charge on any atom is -0.406 e. The van der Waals surface area contributed by atoms with Crippen LogP contribution in [0.15, 0.2) is 24.3 Å². The zero-order chi connectivity index (χ0) is 13.9. The molecule has 106 valence electrons. The van der Waals surface area contributed by atoms with Crippen molar-refractivity contribution in [2.45, 2.75) is 38.4 Å². The van der Waals surface area contributed by atoms with Gasteiger partial charge < -0.3 is 14.8 Å². The van der Waals surface area contributed by atoms with Crippen LogP contribution in [0.2, 0.25) is 0 Å². The maximum absolute atomic E-state index is 12.1. The predicted molar refractivity (Wildman–Crippen MR) is 63.8 cm³/mol. The molecule has 1 saturated heterocycles. The number of rotatable bonds is 4. The van der Waals surface area contributed by atoms with E-state index in [1.54, 1.807) is 12.1 Å². The van der Waals surface area contributed by atoms with E-state index in [2.05, 4.69) is 10.1 Å². The van der Waals surface area contributed by atoms with E-state index in [0.29, 0.717) is 6.54 Å². The first kappa shape index (κ1) is 14.1. The van der Waals surface area contributed by atoms with Gasteiger partial charge in [-0.25, -0.2) is 0 Å². The number of ether oxygens (including phenoxy) is 2. The summed E-state index contributed by atoms with van der Waals surface area (Å²) in [5.74, 6) is -0.192. The van der Waals surface area contributed by atoms with Gasteiger partial charge in [0.05, 0.1) is 6.10 Å². The minimum absolute atomic E-state index is 0.134. The number of hydrogen-bond donors (Lipinski definition) is 1. The van der Waals surface area contributed by atoms with Crippen molar-refractivity contribution in [3.63, 3.8) is 0 Å². The van der Waals surface area contributed by atoms with Gasteiger partial charge in [0, 0.05) is 19.2 Å².